The first-order valence-corrected chi connectivity index (χ1v) is 10.2. The Bertz CT molecular complexity index is 999. The van der Waals surface area contributed by atoms with Crippen LogP contribution in [0.5, 0.6) is 0 Å². The highest BCUT2D eigenvalue weighted by Gasteiger charge is 2.17. The molecule has 0 bridgehead atoms. The average Bonchev–Trinajstić information content (AvgIpc) is 3.10. The smallest absolute Gasteiger partial charge is 0.242 e. The monoisotopic (exact) mass is 391 g/mol. The first-order chi connectivity index (χ1) is 12.4. The molecule has 1 aromatic heterocycles. The van der Waals surface area contributed by atoms with Crippen molar-refractivity contribution in [2.75, 3.05) is 14.1 Å². The number of hydrogen-bond donors (Lipinski definition) is 1. The lowest BCUT2D eigenvalue weighted by molar-refractivity contribution is 0.520. The maximum absolute atomic E-state index is 13.0. The molecule has 0 saturated heterocycles. The van der Waals surface area contributed by atoms with E-state index in [9.17, 15) is 12.8 Å². The molecule has 0 radical (unpaired) electrons. The van der Waals surface area contributed by atoms with E-state index in [0.29, 0.717) is 10.9 Å². The van der Waals surface area contributed by atoms with E-state index in [0.717, 1.165) is 16.8 Å². The zero-order valence-corrected chi connectivity index (χ0v) is 15.9. The van der Waals surface area contributed by atoms with Crippen LogP contribution in [0.15, 0.2) is 64.8 Å². The number of sulfonamides is 1. The highest BCUT2D eigenvalue weighted by Crippen LogP contribution is 2.25. The molecule has 3 aromatic rings. The molecular formula is C18H18FN3O2S2. The van der Waals surface area contributed by atoms with Gasteiger partial charge in [0.2, 0.25) is 10.0 Å². The summed E-state index contributed by atoms with van der Waals surface area (Å²) in [5.74, 6) is 0.295. The highest BCUT2D eigenvalue weighted by molar-refractivity contribution is 7.98. The van der Waals surface area contributed by atoms with Crippen molar-refractivity contribution in [3.05, 3.63) is 66.1 Å². The van der Waals surface area contributed by atoms with Crippen LogP contribution in [0.25, 0.3) is 11.3 Å². The van der Waals surface area contributed by atoms with E-state index in [4.69, 9.17) is 0 Å². The van der Waals surface area contributed by atoms with E-state index in [1.807, 2.05) is 6.07 Å². The third-order valence-electron chi connectivity index (χ3n) is 3.76. The highest BCUT2D eigenvalue weighted by atomic mass is 32.2. The second-order valence-electron chi connectivity index (χ2n) is 5.83. The Morgan fingerprint density at radius 2 is 1.88 bits per heavy atom. The van der Waals surface area contributed by atoms with E-state index >= 15 is 0 Å². The summed E-state index contributed by atoms with van der Waals surface area (Å²) in [6.07, 6.45) is 1.70. The van der Waals surface area contributed by atoms with Gasteiger partial charge in [-0.2, -0.15) is 0 Å². The molecule has 0 aliphatic heterocycles. The number of benzene rings is 2. The number of hydrogen-bond acceptors (Lipinski definition) is 4. The molecule has 2 aromatic carbocycles. The summed E-state index contributed by atoms with van der Waals surface area (Å²) in [5.41, 5.74) is 2.54. The number of rotatable bonds is 6. The lowest BCUT2D eigenvalue weighted by Gasteiger charge is -2.12. The average molecular weight is 391 g/mol. The van der Waals surface area contributed by atoms with Gasteiger partial charge in [-0.25, -0.2) is 22.1 Å². The van der Waals surface area contributed by atoms with Gasteiger partial charge in [0.05, 0.1) is 16.8 Å². The van der Waals surface area contributed by atoms with Gasteiger partial charge in [-0.15, -0.1) is 0 Å². The molecule has 1 N–H and O–H groups in total. The fourth-order valence-corrected chi connectivity index (χ4v) is 4.08. The number of aromatic amines is 1. The standard InChI is InChI=1S/C18H18FN3O2S2/c1-22(2)26(23,24)16-5-3-4-13(10-16)12-25-18-20-11-17(21-18)14-6-8-15(19)9-7-14/h3-11H,12H2,1-2H3,(H,20,21). The fourth-order valence-electron chi connectivity index (χ4n) is 2.31. The van der Waals surface area contributed by atoms with Crippen LogP contribution in [0.3, 0.4) is 0 Å². The van der Waals surface area contributed by atoms with Crippen molar-refractivity contribution in [1.29, 1.82) is 0 Å². The van der Waals surface area contributed by atoms with Crippen molar-refractivity contribution in [2.24, 2.45) is 0 Å². The van der Waals surface area contributed by atoms with E-state index in [2.05, 4.69) is 9.97 Å². The number of H-pyrrole nitrogens is 1. The van der Waals surface area contributed by atoms with Gasteiger partial charge in [0.25, 0.3) is 0 Å². The van der Waals surface area contributed by atoms with E-state index < -0.39 is 10.0 Å². The molecule has 0 atom stereocenters. The Hall–Kier alpha value is -2.16. The van der Waals surface area contributed by atoms with E-state index in [1.54, 1.807) is 36.5 Å². The second kappa shape index (κ2) is 7.61. The normalized spacial score (nSPS) is 11.8. The van der Waals surface area contributed by atoms with Crippen LogP contribution in [0.2, 0.25) is 0 Å². The van der Waals surface area contributed by atoms with Crippen LogP contribution in [0.4, 0.5) is 4.39 Å². The molecule has 136 valence electrons. The summed E-state index contributed by atoms with van der Waals surface area (Å²) in [5, 5.41) is 0.713. The summed E-state index contributed by atoms with van der Waals surface area (Å²) in [6, 6.07) is 13.1. The van der Waals surface area contributed by atoms with Crippen molar-refractivity contribution in [1.82, 2.24) is 14.3 Å². The molecule has 0 aliphatic carbocycles. The molecular weight excluding hydrogens is 373 g/mol. The number of halogens is 1. The van der Waals surface area contributed by atoms with Crippen molar-refractivity contribution < 1.29 is 12.8 Å². The van der Waals surface area contributed by atoms with Crippen molar-refractivity contribution in [3.8, 4) is 11.3 Å². The summed E-state index contributed by atoms with van der Waals surface area (Å²) < 4.78 is 38.6. The van der Waals surface area contributed by atoms with Crippen LogP contribution in [-0.4, -0.2) is 36.8 Å². The van der Waals surface area contributed by atoms with E-state index in [1.165, 1.54) is 42.3 Å². The molecule has 0 spiro atoms. The summed E-state index contributed by atoms with van der Waals surface area (Å²) in [7, 11) is -0.427. The second-order valence-corrected chi connectivity index (χ2v) is 8.95. The molecule has 1 heterocycles. The zero-order chi connectivity index (χ0) is 18.7. The summed E-state index contributed by atoms with van der Waals surface area (Å²) >= 11 is 1.47. The SMILES string of the molecule is CN(C)S(=O)(=O)c1cccc(CSc2ncc(-c3ccc(F)cc3)[nH]2)c1. The molecule has 0 fully saturated rings. The zero-order valence-electron chi connectivity index (χ0n) is 14.3. The summed E-state index contributed by atoms with van der Waals surface area (Å²) in [4.78, 5) is 7.77. The van der Waals surface area contributed by atoms with Gasteiger partial charge in [0, 0.05) is 19.8 Å². The Kier molecular flexibility index (Phi) is 5.45. The van der Waals surface area contributed by atoms with Gasteiger partial charge in [-0.3, -0.25) is 0 Å². The Morgan fingerprint density at radius 1 is 1.15 bits per heavy atom. The quantitative estimate of drug-likeness (QED) is 0.650. The van der Waals surface area contributed by atoms with Gasteiger partial charge in [-0.05, 0) is 47.5 Å². The number of nitrogens with zero attached hydrogens (tertiary/aromatic N) is 2. The largest absolute Gasteiger partial charge is 0.333 e. The third-order valence-corrected chi connectivity index (χ3v) is 6.53. The molecule has 0 aliphatic rings. The van der Waals surface area contributed by atoms with Crippen LogP contribution in [0, 0.1) is 5.82 Å². The van der Waals surface area contributed by atoms with Crippen molar-refractivity contribution >= 4 is 21.8 Å². The van der Waals surface area contributed by atoms with Gasteiger partial charge in [0.1, 0.15) is 5.82 Å². The van der Waals surface area contributed by atoms with Gasteiger partial charge in [0.15, 0.2) is 5.16 Å². The van der Waals surface area contributed by atoms with Crippen LogP contribution in [0.1, 0.15) is 5.56 Å². The number of thioether (sulfide) groups is 1. The number of imidazole rings is 1. The minimum Gasteiger partial charge on any atom is -0.333 e. The topological polar surface area (TPSA) is 66.1 Å². The molecule has 8 heteroatoms. The predicted molar refractivity (Wildman–Crippen MR) is 101 cm³/mol. The summed E-state index contributed by atoms with van der Waals surface area (Å²) in [6.45, 7) is 0. The first-order valence-electron chi connectivity index (χ1n) is 7.81. The minimum absolute atomic E-state index is 0.270. The van der Waals surface area contributed by atoms with E-state index in [-0.39, 0.29) is 10.7 Å². The lowest BCUT2D eigenvalue weighted by atomic mass is 10.2. The fraction of sp³-hybridized carbons (Fsp3) is 0.167. The van der Waals surface area contributed by atoms with Gasteiger partial charge >= 0.3 is 0 Å². The molecule has 0 saturated carbocycles. The maximum atomic E-state index is 13.0. The van der Waals surface area contributed by atoms with Gasteiger partial charge < -0.3 is 4.98 Å². The number of aromatic nitrogens is 2. The van der Waals surface area contributed by atoms with Crippen molar-refractivity contribution in [3.63, 3.8) is 0 Å². The molecule has 0 unspecified atom stereocenters. The molecule has 3 rings (SSSR count). The predicted octanol–water partition coefficient (Wildman–Crippen LogP) is 3.76. The minimum atomic E-state index is -3.45. The molecule has 26 heavy (non-hydrogen) atoms. The van der Waals surface area contributed by atoms with Gasteiger partial charge in [-0.1, -0.05) is 23.9 Å². The Morgan fingerprint density at radius 3 is 2.58 bits per heavy atom. The first kappa shape index (κ1) is 18.6. The lowest BCUT2D eigenvalue weighted by Crippen LogP contribution is -2.22. The molecule has 5 nitrogen and oxygen atoms in total. The van der Waals surface area contributed by atoms with Crippen molar-refractivity contribution in [2.45, 2.75) is 15.8 Å². The Labute approximate surface area is 156 Å². The Balaban J connectivity index is 1.71. The van der Waals surface area contributed by atoms with Crippen LogP contribution in [-0.2, 0) is 15.8 Å². The number of nitrogens with one attached hydrogen (secondary N) is 1. The van der Waals surface area contributed by atoms with Crippen LogP contribution >= 0.6 is 11.8 Å². The molecule has 0 amide bonds. The van der Waals surface area contributed by atoms with Crippen LogP contribution < -0.4 is 0 Å². The third kappa shape index (κ3) is 4.14. The maximum Gasteiger partial charge on any atom is 0.242 e.